The van der Waals surface area contributed by atoms with E-state index in [1.807, 2.05) is 0 Å². The molecular weight excluding hydrogens is 362 g/mol. The quantitative estimate of drug-likeness (QED) is 0.446. The zero-order chi connectivity index (χ0) is 20.4. The van der Waals surface area contributed by atoms with Crippen LogP contribution in [0.1, 0.15) is 18.7 Å². The number of carbonyl (C=O) groups is 5. The lowest BCUT2D eigenvalue weighted by Gasteiger charge is -2.13. The standard InChI is InChI=1S/C16H19N3O6S/c1-10(15(24)18-7-12(20)17-8-14(22)23)19-13(21)9-26-16(25)11-5-3-2-4-6-11/h2-6,10H,7-9H2,1H3,(H,17,20)(H,18,24)(H,19,21)(H,22,23)/t10-/m0/s1/i9D/t9?,10-. The summed E-state index contributed by atoms with van der Waals surface area (Å²) in [6.45, 7) is 0.310. The summed E-state index contributed by atoms with van der Waals surface area (Å²) in [7, 11) is 0. The second kappa shape index (κ2) is 10.9. The van der Waals surface area contributed by atoms with Crippen LogP contribution in [0.4, 0.5) is 0 Å². The molecule has 0 aliphatic rings. The molecule has 4 N–H and O–H groups in total. The van der Waals surface area contributed by atoms with Gasteiger partial charge in [-0.3, -0.25) is 24.0 Å². The molecule has 0 saturated carbocycles. The van der Waals surface area contributed by atoms with Gasteiger partial charge in [-0.2, -0.15) is 0 Å². The number of rotatable bonds is 9. The third-order valence-electron chi connectivity index (χ3n) is 2.89. The molecule has 0 aromatic heterocycles. The molecule has 0 spiro atoms. The zero-order valence-corrected chi connectivity index (χ0v) is 14.7. The molecular formula is C16H19N3O6S. The van der Waals surface area contributed by atoms with Crippen molar-refractivity contribution in [3.63, 3.8) is 0 Å². The van der Waals surface area contributed by atoms with Crippen molar-refractivity contribution in [2.45, 2.75) is 13.0 Å². The average Bonchev–Trinajstić information content (AvgIpc) is 2.64. The lowest BCUT2D eigenvalue weighted by molar-refractivity contribution is -0.137. The molecule has 0 aliphatic heterocycles. The van der Waals surface area contributed by atoms with Crippen LogP contribution in [0.15, 0.2) is 30.3 Å². The van der Waals surface area contributed by atoms with Crippen molar-refractivity contribution in [3.05, 3.63) is 35.9 Å². The van der Waals surface area contributed by atoms with Gasteiger partial charge in [-0.1, -0.05) is 42.1 Å². The van der Waals surface area contributed by atoms with E-state index in [4.69, 9.17) is 6.48 Å². The Hall–Kier alpha value is -2.88. The molecule has 140 valence electrons. The monoisotopic (exact) mass is 382 g/mol. The number of hydrogen-bond donors (Lipinski definition) is 4. The van der Waals surface area contributed by atoms with Crippen LogP contribution >= 0.6 is 11.8 Å². The molecule has 1 aromatic rings. The van der Waals surface area contributed by atoms with Crippen molar-refractivity contribution in [2.75, 3.05) is 18.8 Å². The van der Waals surface area contributed by atoms with Crippen molar-refractivity contribution in [1.82, 2.24) is 16.0 Å². The number of amides is 3. The van der Waals surface area contributed by atoms with E-state index in [2.05, 4.69) is 16.0 Å². The van der Waals surface area contributed by atoms with E-state index in [1.165, 1.54) is 6.92 Å². The molecule has 26 heavy (non-hydrogen) atoms. The number of carboxylic acid groups (broad SMARTS) is 1. The second-order valence-corrected chi connectivity index (χ2v) is 5.85. The summed E-state index contributed by atoms with van der Waals surface area (Å²) >= 11 is 0.506. The highest BCUT2D eigenvalue weighted by Crippen LogP contribution is 2.11. The maximum Gasteiger partial charge on any atom is 0.322 e. The van der Waals surface area contributed by atoms with Gasteiger partial charge in [-0.15, -0.1) is 0 Å². The number of thioether (sulfide) groups is 1. The Morgan fingerprint density at radius 2 is 1.73 bits per heavy atom. The summed E-state index contributed by atoms with van der Waals surface area (Å²) in [4.78, 5) is 57.4. The molecule has 0 aliphatic carbocycles. The third-order valence-corrected chi connectivity index (χ3v) is 3.68. The second-order valence-electron chi connectivity index (χ2n) is 5.01. The summed E-state index contributed by atoms with van der Waals surface area (Å²) in [5.41, 5.74) is -1.11. The molecule has 0 bridgehead atoms. The number of aliphatic carboxylic acids is 1. The summed E-state index contributed by atoms with van der Waals surface area (Å²) in [5, 5.41) is 14.5. The van der Waals surface area contributed by atoms with E-state index in [0.717, 1.165) is 0 Å². The van der Waals surface area contributed by atoms with Gasteiger partial charge in [0.05, 0.1) is 12.3 Å². The van der Waals surface area contributed by atoms with E-state index in [-0.39, 0.29) is 0 Å². The highest BCUT2D eigenvalue weighted by molar-refractivity contribution is 8.14. The highest BCUT2D eigenvalue weighted by atomic mass is 32.2. The fourth-order valence-corrected chi connectivity index (χ4v) is 2.17. The zero-order valence-electron chi connectivity index (χ0n) is 14.9. The van der Waals surface area contributed by atoms with E-state index >= 15 is 0 Å². The third kappa shape index (κ3) is 8.29. The molecule has 0 heterocycles. The van der Waals surface area contributed by atoms with Crippen LogP contribution in [0.2, 0.25) is 0 Å². The molecule has 0 saturated heterocycles. The fraction of sp³-hybridized carbons (Fsp3) is 0.312. The predicted octanol–water partition coefficient (Wildman–Crippen LogP) is -0.618. The lowest BCUT2D eigenvalue weighted by atomic mass is 10.2. The van der Waals surface area contributed by atoms with Crippen LogP contribution in [-0.4, -0.2) is 58.8 Å². The Morgan fingerprint density at radius 1 is 1.08 bits per heavy atom. The summed E-state index contributed by atoms with van der Waals surface area (Å²) in [5.74, 6) is -3.45. The maximum atomic E-state index is 12.0. The van der Waals surface area contributed by atoms with E-state index in [9.17, 15) is 24.0 Å². The normalized spacial score (nSPS) is 12.9. The van der Waals surface area contributed by atoms with Crippen LogP contribution in [-0.2, 0) is 19.2 Å². The summed E-state index contributed by atoms with van der Waals surface area (Å²) in [6, 6.07) is 7.12. The number of carboxylic acids is 1. The molecule has 2 atom stereocenters. The Kier molecular flexibility index (Phi) is 8.13. The Bertz CT molecular complexity index is 715. The summed E-state index contributed by atoms with van der Waals surface area (Å²) in [6.07, 6.45) is 0. The van der Waals surface area contributed by atoms with E-state index < -0.39 is 53.7 Å². The van der Waals surface area contributed by atoms with E-state index in [0.29, 0.717) is 17.3 Å². The lowest BCUT2D eigenvalue weighted by Crippen LogP contribution is -2.48. The molecule has 0 fully saturated rings. The molecule has 9 nitrogen and oxygen atoms in total. The first-order chi connectivity index (χ1) is 12.7. The molecule has 1 aromatic carbocycles. The van der Waals surface area contributed by atoms with Crippen LogP contribution < -0.4 is 16.0 Å². The van der Waals surface area contributed by atoms with Gasteiger partial charge in [0, 0.05) is 6.93 Å². The smallest absolute Gasteiger partial charge is 0.322 e. The fourth-order valence-electron chi connectivity index (χ4n) is 1.62. The number of carbonyl (C=O) groups excluding carboxylic acids is 4. The van der Waals surface area contributed by atoms with Gasteiger partial charge in [0.25, 0.3) is 0 Å². The molecule has 10 heteroatoms. The van der Waals surface area contributed by atoms with Crippen molar-refractivity contribution < 1.29 is 30.4 Å². The minimum Gasteiger partial charge on any atom is -0.480 e. The van der Waals surface area contributed by atoms with Gasteiger partial charge in [0.1, 0.15) is 12.6 Å². The minimum absolute atomic E-state index is 0.353. The minimum atomic E-state index is -1.47. The van der Waals surface area contributed by atoms with Crippen molar-refractivity contribution in [1.29, 1.82) is 0 Å². The molecule has 1 rings (SSSR count). The van der Waals surface area contributed by atoms with Gasteiger partial charge >= 0.3 is 5.97 Å². The first-order valence-corrected chi connectivity index (χ1v) is 8.33. The first-order valence-electron chi connectivity index (χ1n) is 8.03. The van der Waals surface area contributed by atoms with Crippen molar-refractivity contribution in [2.24, 2.45) is 0 Å². The maximum absolute atomic E-state index is 12.0. The van der Waals surface area contributed by atoms with Gasteiger partial charge in [0.2, 0.25) is 22.8 Å². The predicted molar refractivity (Wildman–Crippen MR) is 94.5 cm³/mol. The molecule has 1 unspecified atom stereocenters. The average molecular weight is 382 g/mol. The largest absolute Gasteiger partial charge is 0.480 e. The number of hydrogen-bond acceptors (Lipinski definition) is 6. The Labute approximate surface area is 155 Å². The van der Waals surface area contributed by atoms with Gasteiger partial charge in [-0.05, 0) is 6.92 Å². The van der Waals surface area contributed by atoms with E-state index in [1.54, 1.807) is 30.3 Å². The molecule has 0 radical (unpaired) electrons. The highest BCUT2D eigenvalue weighted by Gasteiger charge is 2.17. The number of benzene rings is 1. The first kappa shape index (κ1) is 19.4. The SMILES string of the molecule is [2H]C(SC(=O)c1ccccc1)C(=O)N[C@@H](C)C(=O)NCC(=O)NCC(=O)O. The van der Waals surface area contributed by atoms with Crippen LogP contribution in [0.5, 0.6) is 0 Å². The van der Waals surface area contributed by atoms with Gasteiger partial charge in [-0.25, -0.2) is 0 Å². The van der Waals surface area contributed by atoms with Crippen LogP contribution in [0, 0.1) is 0 Å². The van der Waals surface area contributed by atoms with Gasteiger partial charge < -0.3 is 21.1 Å². The topological polar surface area (TPSA) is 142 Å². The number of nitrogens with one attached hydrogen (secondary N) is 3. The van der Waals surface area contributed by atoms with Crippen molar-refractivity contribution in [3.8, 4) is 0 Å². The van der Waals surface area contributed by atoms with Crippen molar-refractivity contribution >= 4 is 40.6 Å². The van der Waals surface area contributed by atoms with Gasteiger partial charge in [0.15, 0.2) is 0 Å². The van der Waals surface area contributed by atoms with Crippen LogP contribution in [0.3, 0.4) is 0 Å². The Morgan fingerprint density at radius 3 is 2.35 bits per heavy atom. The molecule has 3 amide bonds. The van der Waals surface area contributed by atoms with Crippen LogP contribution in [0.25, 0.3) is 0 Å². The summed E-state index contributed by atoms with van der Waals surface area (Å²) < 4.78 is 7.74. The Balaban J connectivity index is 2.41.